The van der Waals surface area contributed by atoms with Gasteiger partial charge in [-0.05, 0) is 39.7 Å². The molecule has 2 aliphatic heterocycles. The smallest absolute Gasteiger partial charge is 0.282 e. The molecule has 136 valence electrons. The molecule has 6 nitrogen and oxygen atoms in total. The lowest BCUT2D eigenvalue weighted by Gasteiger charge is -2.31. The minimum absolute atomic E-state index is 0.593. The summed E-state index contributed by atoms with van der Waals surface area (Å²) < 4.78 is 29.1. The van der Waals surface area contributed by atoms with Crippen molar-refractivity contribution in [3.05, 3.63) is 15.6 Å². The van der Waals surface area contributed by atoms with E-state index < -0.39 is 10.2 Å². The van der Waals surface area contributed by atoms with Gasteiger partial charge in [0.25, 0.3) is 10.2 Å². The van der Waals surface area contributed by atoms with Gasteiger partial charge in [0.05, 0.1) is 10.7 Å². The first-order valence-corrected chi connectivity index (χ1v) is 11.1. The van der Waals surface area contributed by atoms with Crippen molar-refractivity contribution in [2.75, 3.05) is 39.3 Å². The van der Waals surface area contributed by atoms with Crippen LogP contribution in [-0.2, 0) is 16.8 Å². The fourth-order valence-corrected chi connectivity index (χ4v) is 6.22. The summed E-state index contributed by atoms with van der Waals surface area (Å²) in [6.45, 7) is 9.32. The van der Waals surface area contributed by atoms with Crippen LogP contribution in [-0.4, -0.2) is 66.2 Å². The third-order valence-corrected chi connectivity index (χ3v) is 7.97. The van der Waals surface area contributed by atoms with Crippen molar-refractivity contribution in [3.8, 4) is 0 Å². The van der Waals surface area contributed by atoms with Crippen molar-refractivity contribution < 1.29 is 8.42 Å². The zero-order chi connectivity index (χ0) is 17.2. The van der Waals surface area contributed by atoms with Gasteiger partial charge in [-0.15, -0.1) is 11.3 Å². The van der Waals surface area contributed by atoms with E-state index in [0.717, 1.165) is 56.0 Å². The second-order valence-electron chi connectivity index (χ2n) is 6.74. The third kappa shape index (κ3) is 4.16. The normalized spacial score (nSPS) is 22.6. The van der Waals surface area contributed by atoms with Crippen molar-refractivity contribution in [2.45, 2.75) is 46.1 Å². The van der Waals surface area contributed by atoms with E-state index >= 15 is 0 Å². The number of aromatic nitrogens is 1. The Balaban J connectivity index is 1.61. The van der Waals surface area contributed by atoms with Crippen LogP contribution in [0.3, 0.4) is 0 Å². The first kappa shape index (κ1) is 18.3. The molecule has 8 heteroatoms. The Bertz CT molecular complexity index is 653. The van der Waals surface area contributed by atoms with Crippen LogP contribution in [0, 0.1) is 13.8 Å². The lowest BCUT2D eigenvalue weighted by molar-refractivity contribution is 0.273. The number of hydrogen-bond donors (Lipinski definition) is 0. The van der Waals surface area contributed by atoms with E-state index in [4.69, 9.17) is 0 Å². The summed E-state index contributed by atoms with van der Waals surface area (Å²) in [5, 5.41) is 1.10. The summed E-state index contributed by atoms with van der Waals surface area (Å²) in [6, 6.07) is 0. The second-order valence-corrected chi connectivity index (χ2v) is 9.95. The molecule has 0 atom stereocenters. The zero-order valence-electron chi connectivity index (χ0n) is 14.7. The van der Waals surface area contributed by atoms with E-state index in [1.54, 1.807) is 19.9 Å². The topological polar surface area (TPSA) is 56.8 Å². The van der Waals surface area contributed by atoms with Crippen LogP contribution in [0.2, 0.25) is 0 Å². The zero-order valence-corrected chi connectivity index (χ0v) is 16.3. The minimum Gasteiger partial charge on any atom is -0.297 e. The third-order valence-electron chi connectivity index (χ3n) is 4.88. The maximum absolute atomic E-state index is 12.8. The van der Waals surface area contributed by atoms with Gasteiger partial charge in [-0.2, -0.15) is 17.0 Å². The highest BCUT2D eigenvalue weighted by atomic mass is 32.2. The van der Waals surface area contributed by atoms with Gasteiger partial charge in [0.1, 0.15) is 0 Å². The van der Waals surface area contributed by atoms with Crippen LogP contribution in [0.4, 0.5) is 0 Å². The van der Waals surface area contributed by atoms with Crippen LogP contribution < -0.4 is 0 Å². The van der Waals surface area contributed by atoms with Gasteiger partial charge < -0.3 is 0 Å². The van der Waals surface area contributed by atoms with Crippen molar-refractivity contribution in [1.29, 1.82) is 0 Å². The standard InChI is InChI=1S/C16H28N4O2S2/c1-14-16(23-15(2)17-14)13-18-7-6-10-20(12-11-18)24(21,22)19-8-4-3-5-9-19/h3-13H2,1-2H3. The van der Waals surface area contributed by atoms with Crippen LogP contribution in [0.1, 0.15) is 41.3 Å². The first-order valence-electron chi connectivity index (χ1n) is 8.87. The molecule has 3 heterocycles. The summed E-state index contributed by atoms with van der Waals surface area (Å²) >= 11 is 1.75. The van der Waals surface area contributed by atoms with Crippen molar-refractivity contribution >= 4 is 21.5 Å². The van der Waals surface area contributed by atoms with E-state index in [0.29, 0.717) is 26.2 Å². The second kappa shape index (κ2) is 7.78. The summed E-state index contributed by atoms with van der Waals surface area (Å²) in [5.74, 6) is 0. The predicted molar refractivity (Wildman–Crippen MR) is 97.4 cm³/mol. The number of hydrogen-bond acceptors (Lipinski definition) is 5. The van der Waals surface area contributed by atoms with Gasteiger partial charge in [0.2, 0.25) is 0 Å². The molecular weight excluding hydrogens is 344 g/mol. The molecule has 0 amide bonds. The van der Waals surface area contributed by atoms with Crippen LogP contribution in [0.25, 0.3) is 0 Å². The lowest BCUT2D eigenvalue weighted by Crippen LogP contribution is -2.47. The average Bonchev–Trinajstić information content (AvgIpc) is 2.76. The summed E-state index contributed by atoms with van der Waals surface area (Å²) in [7, 11) is -3.28. The van der Waals surface area contributed by atoms with Gasteiger partial charge in [-0.3, -0.25) is 4.90 Å². The molecule has 0 N–H and O–H groups in total. The summed E-state index contributed by atoms with van der Waals surface area (Å²) in [6.07, 6.45) is 4.02. The van der Waals surface area contributed by atoms with Crippen molar-refractivity contribution in [1.82, 2.24) is 18.5 Å². The molecule has 2 aliphatic rings. The quantitative estimate of drug-likeness (QED) is 0.811. The Hall–Kier alpha value is -0.540. The predicted octanol–water partition coefficient (Wildman–Crippen LogP) is 2.00. The molecule has 0 aliphatic carbocycles. The van der Waals surface area contributed by atoms with Gasteiger partial charge in [-0.1, -0.05) is 6.42 Å². The van der Waals surface area contributed by atoms with Crippen LogP contribution >= 0.6 is 11.3 Å². The molecule has 3 rings (SSSR count). The monoisotopic (exact) mass is 372 g/mol. The largest absolute Gasteiger partial charge is 0.297 e. The number of nitrogens with zero attached hydrogens (tertiary/aromatic N) is 4. The highest BCUT2D eigenvalue weighted by Gasteiger charge is 2.31. The van der Waals surface area contributed by atoms with Gasteiger partial charge in [0.15, 0.2) is 0 Å². The van der Waals surface area contributed by atoms with E-state index in [1.807, 2.05) is 6.92 Å². The van der Waals surface area contributed by atoms with Gasteiger partial charge in [-0.25, -0.2) is 4.98 Å². The molecule has 2 fully saturated rings. The van der Waals surface area contributed by atoms with Crippen molar-refractivity contribution in [3.63, 3.8) is 0 Å². The number of aryl methyl sites for hydroxylation is 2. The average molecular weight is 373 g/mol. The summed E-state index contributed by atoms with van der Waals surface area (Å²) in [5.41, 5.74) is 1.11. The van der Waals surface area contributed by atoms with Gasteiger partial charge in [0, 0.05) is 44.1 Å². The minimum atomic E-state index is -3.28. The maximum Gasteiger partial charge on any atom is 0.282 e. The van der Waals surface area contributed by atoms with Gasteiger partial charge >= 0.3 is 0 Å². The first-order chi connectivity index (χ1) is 11.5. The van der Waals surface area contributed by atoms with E-state index in [-0.39, 0.29) is 0 Å². The molecule has 1 aromatic rings. The molecular formula is C16H28N4O2S2. The van der Waals surface area contributed by atoms with Crippen LogP contribution in [0.15, 0.2) is 0 Å². The molecule has 0 aromatic carbocycles. The number of piperidine rings is 1. The molecule has 0 radical (unpaired) electrons. The molecule has 2 saturated heterocycles. The fraction of sp³-hybridized carbons (Fsp3) is 0.812. The van der Waals surface area contributed by atoms with Crippen LogP contribution in [0.5, 0.6) is 0 Å². The number of rotatable bonds is 4. The number of thiazole rings is 1. The summed E-state index contributed by atoms with van der Waals surface area (Å²) in [4.78, 5) is 8.17. The Morgan fingerprint density at radius 1 is 0.917 bits per heavy atom. The molecule has 0 spiro atoms. The molecule has 0 bridgehead atoms. The Morgan fingerprint density at radius 2 is 1.58 bits per heavy atom. The Kier molecular flexibility index (Phi) is 5.92. The van der Waals surface area contributed by atoms with E-state index in [2.05, 4.69) is 16.8 Å². The van der Waals surface area contributed by atoms with Crippen molar-refractivity contribution in [2.24, 2.45) is 0 Å². The highest BCUT2D eigenvalue weighted by molar-refractivity contribution is 7.86. The molecule has 0 saturated carbocycles. The van der Waals surface area contributed by atoms with E-state index in [9.17, 15) is 8.42 Å². The maximum atomic E-state index is 12.8. The molecule has 1 aromatic heterocycles. The molecule has 24 heavy (non-hydrogen) atoms. The highest BCUT2D eigenvalue weighted by Crippen LogP contribution is 2.22. The Labute approximate surface area is 149 Å². The lowest BCUT2D eigenvalue weighted by atomic mass is 10.2. The SMILES string of the molecule is Cc1nc(C)c(CN2CCCN(S(=O)(=O)N3CCCCC3)CC2)s1. The fourth-order valence-electron chi connectivity index (χ4n) is 3.52. The van der Waals surface area contributed by atoms with E-state index in [1.165, 1.54) is 4.88 Å². The Morgan fingerprint density at radius 3 is 2.25 bits per heavy atom. The molecule has 0 unspecified atom stereocenters.